The summed E-state index contributed by atoms with van der Waals surface area (Å²) in [5.41, 5.74) is 1.36. The Morgan fingerprint density at radius 2 is 1.82 bits per heavy atom. The van der Waals surface area contributed by atoms with Gasteiger partial charge in [-0.25, -0.2) is 0 Å². The Bertz CT molecular complexity index is 488. The Kier molecular flexibility index (Phi) is 4.03. The summed E-state index contributed by atoms with van der Waals surface area (Å²) >= 11 is 0. The summed E-state index contributed by atoms with van der Waals surface area (Å²) in [4.78, 5) is 0. The molecule has 0 radical (unpaired) electrons. The van der Waals surface area contributed by atoms with Crippen molar-refractivity contribution in [1.29, 1.82) is 0 Å². The minimum absolute atomic E-state index is 1.03. The highest BCUT2D eigenvalue weighted by molar-refractivity contribution is 5.87. The van der Waals surface area contributed by atoms with E-state index in [1.54, 1.807) is 7.11 Å². The molecule has 0 N–H and O–H groups in total. The molecule has 0 saturated carbocycles. The molecule has 17 heavy (non-hydrogen) atoms. The molecule has 0 aliphatic rings. The number of hydrogen-bond donors (Lipinski definition) is 0. The number of aryl methyl sites for hydroxylation is 1. The molecule has 1 heteroatoms. The molecule has 0 aliphatic heterocycles. The second kappa shape index (κ2) is 5.72. The van der Waals surface area contributed by atoms with Crippen molar-refractivity contribution in [2.75, 3.05) is 7.11 Å². The standard InChI is InChI=1S/C16H20O/c1-3-4-5-10-15-14-9-7-6-8-13(14)11-12-16(15)17-2/h6-9,11-12H,3-5,10H2,1-2H3. The molecule has 0 saturated heterocycles. The van der Waals surface area contributed by atoms with E-state index in [4.69, 9.17) is 4.74 Å². The molecule has 0 unspecified atom stereocenters. The van der Waals surface area contributed by atoms with Crippen LogP contribution < -0.4 is 4.74 Å². The van der Waals surface area contributed by atoms with Gasteiger partial charge in [0.1, 0.15) is 5.75 Å². The topological polar surface area (TPSA) is 9.23 Å². The van der Waals surface area contributed by atoms with Crippen molar-refractivity contribution in [3.8, 4) is 5.75 Å². The van der Waals surface area contributed by atoms with E-state index in [2.05, 4.69) is 43.3 Å². The highest BCUT2D eigenvalue weighted by atomic mass is 16.5. The number of benzene rings is 2. The lowest BCUT2D eigenvalue weighted by Crippen LogP contribution is -1.94. The van der Waals surface area contributed by atoms with Gasteiger partial charge in [0.15, 0.2) is 0 Å². The largest absolute Gasteiger partial charge is 0.496 e. The molecule has 2 rings (SSSR count). The first-order valence-electron chi connectivity index (χ1n) is 6.41. The third-order valence-electron chi connectivity index (χ3n) is 3.25. The Morgan fingerprint density at radius 3 is 2.59 bits per heavy atom. The van der Waals surface area contributed by atoms with Crippen LogP contribution in [-0.4, -0.2) is 7.11 Å². The van der Waals surface area contributed by atoms with Gasteiger partial charge in [-0.2, -0.15) is 0 Å². The van der Waals surface area contributed by atoms with Crippen molar-refractivity contribution in [3.63, 3.8) is 0 Å². The zero-order valence-electron chi connectivity index (χ0n) is 10.7. The van der Waals surface area contributed by atoms with Crippen molar-refractivity contribution < 1.29 is 4.74 Å². The van der Waals surface area contributed by atoms with E-state index in [0.717, 1.165) is 12.2 Å². The van der Waals surface area contributed by atoms with Crippen molar-refractivity contribution in [1.82, 2.24) is 0 Å². The van der Waals surface area contributed by atoms with Gasteiger partial charge in [0.05, 0.1) is 7.11 Å². The lowest BCUT2D eigenvalue weighted by molar-refractivity contribution is 0.410. The normalized spacial score (nSPS) is 10.7. The molecule has 1 nitrogen and oxygen atoms in total. The van der Waals surface area contributed by atoms with E-state index < -0.39 is 0 Å². The number of ether oxygens (including phenoxy) is 1. The third-order valence-corrected chi connectivity index (χ3v) is 3.25. The fourth-order valence-corrected chi connectivity index (χ4v) is 2.32. The van der Waals surface area contributed by atoms with E-state index in [1.165, 1.54) is 35.6 Å². The number of fused-ring (bicyclic) bond motifs is 1. The van der Waals surface area contributed by atoms with Crippen LogP contribution in [0.5, 0.6) is 5.75 Å². The SMILES string of the molecule is CCCCCc1c(OC)ccc2ccccc12. The molecule has 0 amide bonds. The van der Waals surface area contributed by atoms with Crippen LogP contribution >= 0.6 is 0 Å². The van der Waals surface area contributed by atoms with Gasteiger partial charge in [-0.3, -0.25) is 0 Å². The Balaban J connectivity index is 2.40. The lowest BCUT2D eigenvalue weighted by atomic mass is 9.98. The van der Waals surface area contributed by atoms with Crippen molar-refractivity contribution in [3.05, 3.63) is 42.0 Å². The quantitative estimate of drug-likeness (QED) is 0.680. The predicted molar refractivity (Wildman–Crippen MR) is 73.7 cm³/mol. The molecule has 0 bridgehead atoms. The first-order chi connectivity index (χ1) is 8.36. The molecule has 90 valence electrons. The van der Waals surface area contributed by atoms with E-state index in [-0.39, 0.29) is 0 Å². The maximum absolute atomic E-state index is 5.48. The van der Waals surface area contributed by atoms with E-state index >= 15 is 0 Å². The lowest BCUT2D eigenvalue weighted by Gasteiger charge is -2.11. The number of methoxy groups -OCH3 is 1. The second-order valence-corrected chi connectivity index (χ2v) is 4.42. The van der Waals surface area contributed by atoms with Gasteiger partial charge >= 0.3 is 0 Å². The van der Waals surface area contributed by atoms with Crippen LogP contribution in [0.3, 0.4) is 0 Å². The summed E-state index contributed by atoms with van der Waals surface area (Å²) in [6.45, 7) is 2.24. The summed E-state index contributed by atoms with van der Waals surface area (Å²) in [6, 6.07) is 12.8. The summed E-state index contributed by atoms with van der Waals surface area (Å²) in [5, 5.41) is 2.64. The molecule has 2 aromatic rings. The zero-order valence-corrected chi connectivity index (χ0v) is 10.7. The highest BCUT2D eigenvalue weighted by Gasteiger charge is 2.07. The van der Waals surface area contributed by atoms with Crippen molar-refractivity contribution >= 4 is 10.8 Å². The average Bonchev–Trinajstić information content (AvgIpc) is 2.39. The Hall–Kier alpha value is -1.50. The number of hydrogen-bond acceptors (Lipinski definition) is 1. The molecular formula is C16H20O. The molecule has 0 heterocycles. The predicted octanol–water partition coefficient (Wildman–Crippen LogP) is 4.58. The maximum Gasteiger partial charge on any atom is 0.122 e. The number of rotatable bonds is 5. The van der Waals surface area contributed by atoms with Gasteiger partial charge in [-0.05, 0) is 29.7 Å². The van der Waals surface area contributed by atoms with Crippen LogP contribution in [0.15, 0.2) is 36.4 Å². The van der Waals surface area contributed by atoms with Gasteiger partial charge in [0.2, 0.25) is 0 Å². The molecule has 0 spiro atoms. The minimum atomic E-state index is 1.03. The molecular weight excluding hydrogens is 208 g/mol. The number of unbranched alkanes of at least 4 members (excludes halogenated alkanes) is 2. The van der Waals surface area contributed by atoms with E-state index in [0.29, 0.717) is 0 Å². The van der Waals surface area contributed by atoms with Crippen molar-refractivity contribution in [2.45, 2.75) is 32.6 Å². The van der Waals surface area contributed by atoms with Gasteiger partial charge in [0, 0.05) is 5.56 Å². The van der Waals surface area contributed by atoms with Crippen LogP contribution in [0, 0.1) is 0 Å². The molecule has 0 atom stereocenters. The van der Waals surface area contributed by atoms with Crippen LogP contribution in [0.4, 0.5) is 0 Å². The maximum atomic E-state index is 5.48. The summed E-state index contributed by atoms with van der Waals surface area (Å²) < 4.78 is 5.48. The first-order valence-corrected chi connectivity index (χ1v) is 6.41. The summed E-state index contributed by atoms with van der Waals surface area (Å²) in [6.07, 6.45) is 4.89. The van der Waals surface area contributed by atoms with Crippen LogP contribution in [0.25, 0.3) is 10.8 Å². The first kappa shape index (κ1) is 12.0. The smallest absolute Gasteiger partial charge is 0.122 e. The third kappa shape index (κ3) is 2.60. The van der Waals surface area contributed by atoms with Gasteiger partial charge in [-0.15, -0.1) is 0 Å². The fourth-order valence-electron chi connectivity index (χ4n) is 2.32. The average molecular weight is 228 g/mol. The summed E-state index contributed by atoms with van der Waals surface area (Å²) in [5.74, 6) is 1.03. The van der Waals surface area contributed by atoms with E-state index in [9.17, 15) is 0 Å². The van der Waals surface area contributed by atoms with Crippen LogP contribution in [-0.2, 0) is 6.42 Å². The fraction of sp³-hybridized carbons (Fsp3) is 0.375. The van der Waals surface area contributed by atoms with Gasteiger partial charge < -0.3 is 4.74 Å². The molecule has 2 aromatic carbocycles. The van der Waals surface area contributed by atoms with E-state index in [1.807, 2.05) is 0 Å². The van der Waals surface area contributed by atoms with Crippen molar-refractivity contribution in [2.24, 2.45) is 0 Å². The monoisotopic (exact) mass is 228 g/mol. The van der Waals surface area contributed by atoms with Crippen LogP contribution in [0.1, 0.15) is 31.7 Å². The van der Waals surface area contributed by atoms with Gasteiger partial charge in [-0.1, -0.05) is 50.1 Å². The minimum Gasteiger partial charge on any atom is -0.496 e. The Labute approximate surface area is 103 Å². The highest BCUT2D eigenvalue weighted by Crippen LogP contribution is 2.29. The second-order valence-electron chi connectivity index (χ2n) is 4.42. The summed E-state index contributed by atoms with van der Waals surface area (Å²) in [7, 11) is 1.76. The molecule has 0 aliphatic carbocycles. The molecule has 0 fully saturated rings. The Morgan fingerprint density at radius 1 is 1.00 bits per heavy atom. The van der Waals surface area contributed by atoms with Crippen LogP contribution in [0.2, 0.25) is 0 Å². The van der Waals surface area contributed by atoms with Gasteiger partial charge in [0.25, 0.3) is 0 Å². The molecule has 0 aromatic heterocycles. The zero-order chi connectivity index (χ0) is 12.1.